The van der Waals surface area contributed by atoms with Crippen molar-refractivity contribution in [1.82, 2.24) is 4.98 Å². The third-order valence-corrected chi connectivity index (χ3v) is 3.33. The highest BCUT2D eigenvalue weighted by atomic mass is 32.1. The van der Waals surface area contributed by atoms with Gasteiger partial charge >= 0.3 is 0 Å². The summed E-state index contributed by atoms with van der Waals surface area (Å²) in [7, 11) is 1.61. The molecular formula is C13H13NO2S. The van der Waals surface area contributed by atoms with Crippen molar-refractivity contribution >= 4 is 17.1 Å². The summed E-state index contributed by atoms with van der Waals surface area (Å²) in [5, 5.41) is 0. The predicted molar refractivity (Wildman–Crippen MR) is 67.9 cm³/mol. The summed E-state index contributed by atoms with van der Waals surface area (Å²) in [6.45, 7) is 1.95. The number of carbonyl (C=O) groups excluding carboxylic acids is 1. The molecule has 4 heteroatoms. The fourth-order valence-corrected chi connectivity index (χ4v) is 2.18. The summed E-state index contributed by atoms with van der Waals surface area (Å²) in [4.78, 5) is 17.0. The van der Waals surface area contributed by atoms with Crippen LogP contribution in [0.25, 0.3) is 0 Å². The first-order valence-corrected chi connectivity index (χ1v) is 6.14. The molecule has 0 unspecified atom stereocenters. The van der Waals surface area contributed by atoms with E-state index in [1.807, 2.05) is 19.1 Å². The minimum absolute atomic E-state index is 0.0903. The molecule has 2 rings (SSSR count). The van der Waals surface area contributed by atoms with Crippen molar-refractivity contribution in [2.45, 2.75) is 13.3 Å². The number of hydrogen-bond acceptors (Lipinski definition) is 4. The number of ketones is 1. The Morgan fingerprint density at radius 2 is 2.29 bits per heavy atom. The molecule has 88 valence electrons. The van der Waals surface area contributed by atoms with Gasteiger partial charge in [0.15, 0.2) is 5.78 Å². The molecule has 0 aliphatic carbocycles. The fourth-order valence-electron chi connectivity index (χ4n) is 1.58. The van der Waals surface area contributed by atoms with Gasteiger partial charge in [-0.15, -0.1) is 11.3 Å². The Hall–Kier alpha value is -1.68. The quantitative estimate of drug-likeness (QED) is 0.780. The Labute approximate surface area is 104 Å². The monoisotopic (exact) mass is 247 g/mol. The van der Waals surface area contributed by atoms with Crippen LogP contribution >= 0.6 is 11.3 Å². The molecule has 0 saturated heterocycles. The molecule has 0 spiro atoms. The summed E-state index contributed by atoms with van der Waals surface area (Å²) < 4.78 is 5.21. The SMILES string of the molecule is COc1cc(C(=O)Cc2cncs2)ccc1C. The zero-order valence-corrected chi connectivity index (χ0v) is 10.6. The van der Waals surface area contributed by atoms with Crippen LogP contribution in [0.5, 0.6) is 5.75 Å². The van der Waals surface area contributed by atoms with E-state index in [0.29, 0.717) is 12.0 Å². The van der Waals surface area contributed by atoms with Gasteiger partial charge < -0.3 is 4.74 Å². The minimum atomic E-state index is 0.0903. The lowest BCUT2D eigenvalue weighted by Crippen LogP contribution is -2.03. The maximum Gasteiger partial charge on any atom is 0.168 e. The highest BCUT2D eigenvalue weighted by Crippen LogP contribution is 2.20. The van der Waals surface area contributed by atoms with Gasteiger partial charge in [-0.2, -0.15) is 0 Å². The van der Waals surface area contributed by atoms with Crippen molar-refractivity contribution in [3.05, 3.63) is 45.9 Å². The van der Waals surface area contributed by atoms with E-state index < -0.39 is 0 Å². The molecule has 0 amide bonds. The molecular weight excluding hydrogens is 234 g/mol. The summed E-state index contributed by atoms with van der Waals surface area (Å²) in [5.41, 5.74) is 3.45. The molecule has 17 heavy (non-hydrogen) atoms. The van der Waals surface area contributed by atoms with Crippen LogP contribution in [0.2, 0.25) is 0 Å². The zero-order valence-electron chi connectivity index (χ0n) is 9.77. The van der Waals surface area contributed by atoms with Crippen LogP contribution in [0.1, 0.15) is 20.8 Å². The Morgan fingerprint density at radius 1 is 1.47 bits per heavy atom. The topological polar surface area (TPSA) is 39.2 Å². The van der Waals surface area contributed by atoms with Crippen LogP contribution in [0.15, 0.2) is 29.9 Å². The average molecular weight is 247 g/mol. The number of ether oxygens (including phenoxy) is 1. The van der Waals surface area contributed by atoms with Crippen LogP contribution in [0.3, 0.4) is 0 Å². The normalized spacial score (nSPS) is 10.2. The molecule has 0 N–H and O–H groups in total. The molecule has 2 aromatic rings. The highest BCUT2D eigenvalue weighted by molar-refractivity contribution is 7.09. The van der Waals surface area contributed by atoms with E-state index in [0.717, 1.165) is 16.2 Å². The first kappa shape index (κ1) is 11.8. The van der Waals surface area contributed by atoms with Gasteiger partial charge in [0.1, 0.15) is 5.75 Å². The maximum absolute atomic E-state index is 12.0. The lowest BCUT2D eigenvalue weighted by Gasteiger charge is -2.06. The largest absolute Gasteiger partial charge is 0.496 e. The van der Waals surface area contributed by atoms with Crippen molar-refractivity contribution in [1.29, 1.82) is 0 Å². The standard InChI is InChI=1S/C13H13NO2S/c1-9-3-4-10(5-13(9)16-2)12(15)6-11-7-14-8-17-11/h3-5,7-8H,6H2,1-2H3. The summed E-state index contributed by atoms with van der Waals surface area (Å²) in [5.74, 6) is 0.840. The number of aryl methyl sites for hydroxylation is 1. The number of benzene rings is 1. The number of aromatic nitrogens is 1. The van der Waals surface area contributed by atoms with E-state index in [1.54, 1.807) is 24.9 Å². The molecule has 3 nitrogen and oxygen atoms in total. The Bertz CT molecular complexity index is 520. The lowest BCUT2D eigenvalue weighted by molar-refractivity contribution is 0.0993. The second-order valence-corrected chi connectivity index (χ2v) is 4.72. The Kier molecular flexibility index (Phi) is 3.54. The molecule has 0 aliphatic rings. The van der Waals surface area contributed by atoms with Crippen molar-refractivity contribution in [2.75, 3.05) is 7.11 Å². The first-order chi connectivity index (χ1) is 8.20. The number of hydrogen-bond donors (Lipinski definition) is 0. The van der Waals surface area contributed by atoms with Gasteiger partial charge in [-0.1, -0.05) is 12.1 Å². The number of Topliss-reactive ketones (excluding diaryl/α,β-unsaturated/α-hetero) is 1. The molecule has 0 bridgehead atoms. The molecule has 0 radical (unpaired) electrons. The van der Waals surface area contributed by atoms with Crippen LogP contribution in [0.4, 0.5) is 0 Å². The summed E-state index contributed by atoms with van der Waals surface area (Å²) in [6.07, 6.45) is 2.13. The van der Waals surface area contributed by atoms with Gasteiger partial charge in [0.05, 0.1) is 12.6 Å². The van der Waals surface area contributed by atoms with E-state index in [1.165, 1.54) is 11.3 Å². The van der Waals surface area contributed by atoms with Crippen LogP contribution in [-0.4, -0.2) is 17.9 Å². The lowest BCUT2D eigenvalue weighted by atomic mass is 10.1. The highest BCUT2D eigenvalue weighted by Gasteiger charge is 2.10. The molecule has 0 fully saturated rings. The van der Waals surface area contributed by atoms with Crippen molar-refractivity contribution in [2.24, 2.45) is 0 Å². The van der Waals surface area contributed by atoms with E-state index in [2.05, 4.69) is 4.98 Å². The third kappa shape index (κ3) is 2.71. The number of carbonyl (C=O) groups is 1. The van der Waals surface area contributed by atoms with Gasteiger partial charge in [-0.05, 0) is 18.6 Å². The molecule has 1 heterocycles. The van der Waals surface area contributed by atoms with E-state index >= 15 is 0 Å². The molecule has 0 aliphatic heterocycles. The van der Waals surface area contributed by atoms with E-state index in [9.17, 15) is 4.79 Å². The van der Waals surface area contributed by atoms with Gasteiger partial charge in [0.25, 0.3) is 0 Å². The van der Waals surface area contributed by atoms with Gasteiger partial charge in [-0.25, -0.2) is 0 Å². The van der Waals surface area contributed by atoms with Crippen molar-refractivity contribution in [3.63, 3.8) is 0 Å². The Morgan fingerprint density at radius 3 is 2.94 bits per heavy atom. The number of rotatable bonds is 4. The van der Waals surface area contributed by atoms with Crippen LogP contribution in [0, 0.1) is 6.92 Å². The molecule has 1 aromatic carbocycles. The molecule has 1 aromatic heterocycles. The second kappa shape index (κ2) is 5.10. The zero-order chi connectivity index (χ0) is 12.3. The smallest absolute Gasteiger partial charge is 0.168 e. The third-order valence-electron chi connectivity index (χ3n) is 2.55. The number of methoxy groups -OCH3 is 1. The first-order valence-electron chi connectivity index (χ1n) is 5.26. The Balaban J connectivity index is 2.19. The predicted octanol–water partition coefficient (Wildman–Crippen LogP) is 2.89. The summed E-state index contributed by atoms with van der Waals surface area (Å²) >= 11 is 1.50. The number of thiazole rings is 1. The molecule has 0 atom stereocenters. The summed E-state index contributed by atoms with van der Waals surface area (Å²) in [6, 6.07) is 5.53. The second-order valence-electron chi connectivity index (χ2n) is 3.75. The van der Waals surface area contributed by atoms with Crippen LogP contribution in [-0.2, 0) is 6.42 Å². The minimum Gasteiger partial charge on any atom is -0.496 e. The molecule has 0 saturated carbocycles. The number of nitrogens with zero attached hydrogens (tertiary/aromatic N) is 1. The van der Waals surface area contributed by atoms with Crippen molar-refractivity contribution in [3.8, 4) is 5.75 Å². The van der Waals surface area contributed by atoms with Crippen LogP contribution < -0.4 is 4.74 Å². The maximum atomic E-state index is 12.0. The van der Waals surface area contributed by atoms with Crippen molar-refractivity contribution < 1.29 is 9.53 Å². The fraction of sp³-hybridized carbons (Fsp3) is 0.231. The average Bonchev–Trinajstić information content (AvgIpc) is 2.82. The van der Waals surface area contributed by atoms with E-state index in [-0.39, 0.29) is 5.78 Å². The van der Waals surface area contributed by atoms with Gasteiger partial charge in [-0.3, -0.25) is 9.78 Å². The van der Waals surface area contributed by atoms with Gasteiger partial charge in [0.2, 0.25) is 0 Å². The van der Waals surface area contributed by atoms with E-state index in [4.69, 9.17) is 4.74 Å². The van der Waals surface area contributed by atoms with Gasteiger partial charge in [0, 0.05) is 23.1 Å².